The van der Waals surface area contributed by atoms with Crippen LogP contribution in [0.2, 0.25) is 5.02 Å². The van der Waals surface area contributed by atoms with Crippen LogP contribution in [0.5, 0.6) is 0 Å². The molecule has 3 aromatic rings. The van der Waals surface area contributed by atoms with Gasteiger partial charge < -0.3 is 0 Å². The Hall–Kier alpha value is -1.78. The standard InChI is InChI=1S/C17H14ClN3S/c1-11-9-16-19-20-17(12-5-3-2-4-6-12)21(16)14-8-7-13(18)10-15(14)22-11/h2-8,10-11H,9H2,1H3. The number of hydrogen-bond donors (Lipinski definition) is 0. The lowest BCUT2D eigenvalue weighted by atomic mass is 10.2. The van der Waals surface area contributed by atoms with Crippen LogP contribution < -0.4 is 0 Å². The fraction of sp³-hybridized carbons (Fsp3) is 0.176. The zero-order chi connectivity index (χ0) is 15.1. The van der Waals surface area contributed by atoms with Crippen LogP contribution in [0.3, 0.4) is 0 Å². The molecule has 1 aromatic heterocycles. The molecule has 5 heteroatoms. The maximum absolute atomic E-state index is 6.18. The average Bonchev–Trinajstić information content (AvgIpc) is 2.86. The Morgan fingerprint density at radius 3 is 2.77 bits per heavy atom. The molecule has 0 saturated carbocycles. The Bertz CT molecular complexity index is 829. The summed E-state index contributed by atoms with van der Waals surface area (Å²) in [6.45, 7) is 2.21. The largest absolute Gasteiger partial charge is 0.278 e. The molecule has 0 amide bonds. The van der Waals surface area contributed by atoms with Gasteiger partial charge in [-0.2, -0.15) is 0 Å². The fourth-order valence-electron chi connectivity index (χ4n) is 2.76. The van der Waals surface area contributed by atoms with Crippen molar-refractivity contribution in [2.75, 3.05) is 0 Å². The van der Waals surface area contributed by atoms with Gasteiger partial charge in [0, 0.05) is 27.2 Å². The van der Waals surface area contributed by atoms with Gasteiger partial charge in [-0.05, 0) is 18.2 Å². The minimum atomic E-state index is 0.436. The molecule has 22 heavy (non-hydrogen) atoms. The van der Waals surface area contributed by atoms with Gasteiger partial charge >= 0.3 is 0 Å². The van der Waals surface area contributed by atoms with Gasteiger partial charge in [-0.25, -0.2) is 0 Å². The Balaban J connectivity index is 1.98. The first-order valence-electron chi connectivity index (χ1n) is 7.18. The summed E-state index contributed by atoms with van der Waals surface area (Å²) >= 11 is 8.02. The van der Waals surface area contributed by atoms with Crippen LogP contribution in [0, 0.1) is 0 Å². The second-order valence-electron chi connectivity index (χ2n) is 5.39. The highest BCUT2D eigenvalue weighted by molar-refractivity contribution is 8.00. The molecule has 1 unspecified atom stereocenters. The van der Waals surface area contributed by atoms with E-state index in [2.05, 4.69) is 39.9 Å². The van der Waals surface area contributed by atoms with E-state index in [1.807, 2.05) is 42.1 Å². The van der Waals surface area contributed by atoms with Crippen molar-refractivity contribution in [1.82, 2.24) is 14.8 Å². The summed E-state index contributed by atoms with van der Waals surface area (Å²) in [6, 6.07) is 16.2. The Labute approximate surface area is 138 Å². The molecule has 0 radical (unpaired) electrons. The van der Waals surface area contributed by atoms with Crippen LogP contribution in [0.25, 0.3) is 17.1 Å². The number of nitrogens with zero attached hydrogens (tertiary/aromatic N) is 3. The van der Waals surface area contributed by atoms with E-state index in [-0.39, 0.29) is 0 Å². The first-order chi connectivity index (χ1) is 10.7. The highest BCUT2D eigenvalue weighted by Crippen LogP contribution is 2.38. The van der Waals surface area contributed by atoms with Gasteiger partial charge in [0.15, 0.2) is 5.82 Å². The zero-order valence-electron chi connectivity index (χ0n) is 12.0. The number of benzene rings is 2. The van der Waals surface area contributed by atoms with Crippen molar-refractivity contribution in [3.63, 3.8) is 0 Å². The van der Waals surface area contributed by atoms with E-state index in [1.165, 1.54) is 4.90 Å². The molecular formula is C17H14ClN3S. The summed E-state index contributed by atoms with van der Waals surface area (Å²) in [5.74, 6) is 1.88. The lowest BCUT2D eigenvalue weighted by Crippen LogP contribution is -2.05. The van der Waals surface area contributed by atoms with Crippen molar-refractivity contribution in [1.29, 1.82) is 0 Å². The van der Waals surface area contributed by atoms with Crippen LogP contribution in [-0.4, -0.2) is 20.0 Å². The van der Waals surface area contributed by atoms with Crippen LogP contribution in [0.4, 0.5) is 0 Å². The van der Waals surface area contributed by atoms with E-state index in [1.54, 1.807) is 0 Å². The Morgan fingerprint density at radius 1 is 1.14 bits per heavy atom. The summed E-state index contributed by atoms with van der Waals surface area (Å²) in [5.41, 5.74) is 2.18. The van der Waals surface area contributed by atoms with Crippen LogP contribution in [0.1, 0.15) is 12.7 Å². The van der Waals surface area contributed by atoms with Crippen LogP contribution in [-0.2, 0) is 6.42 Å². The molecule has 0 aliphatic carbocycles. The predicted molar refractivity (Wildman–Crippen MR) is 90.8 cm³/mol. The van der Waals surface area contributed by atoms with E-state index < -0.39 is 0 Å². The smallest absolute Gasteiger partial charge is 0.168 e. The zero-order valence-corrected chi connectivity index (χ0v) is 13.6. The third-order valence-electron chi connectivity index (χ3n) is 3.72. The first-order valence-corrected chi connectivity index (χ1v) is 8.44. The lowest BCUT2D eigenvalue weighted by molar-refractivity contribution is 0.824. The normalized spacial score (nSPS) is 16.7. The van der Waals surface area contributed by atoms with Crippen molar-refractivity contribution in [2.24, 2.45) is 0 Å². The summed E-state index contributed by atoms with van der Waals surface area (Å²) in [7, 11) is 0. The maximum atomic E-state index is 6.18. The Morgan fingerprint density at radius 2 is 1.95 bits per heavy atom. The second-order valence-corrected chi connectivity index (χ2v) is 7.30. The van der Waals surface area contributed by atoms with Crippen molar-refractivity contribution < 1.29 is 0 Å². The lowest BCUT2D eigenvalue weighted by Gasteiger charge is -2.11. The average molecular weight is 328 g/mol. The minimum Gasteiger partial charge on any atom is -0.278 e. The number of halogens is 1. The SMILES string of the molecule is CC1Cc2nnc(-c3ccccc3)n2-c2ccc(Cl)cc2S1. The van der Waals surface area contributed by atoms with Crippen molar-refractivity contribution >= 4 is 23.4 Å². The quantitative estimate of drug-likeness (QED) is 0.653. The number of rotatable bonds is 1. The summed E-state index contributed by atoms with van der Waals surface area (Å²) in [6.07, 6.45) is 0.886. The first kappa shape index (κ1) is 13.9. The van der Waals surface area contributed by atoms with Gasteiger partial charge in [0.05, 0.1) is 5.69 Å². The van der Waals surface area contributed by atoms with Crippen molar-refractivity contribution in [2.45, 2.75) is 23.5 Å². The van der Waals surface area contributed by atoms with Gasteiger partial charge in [-0.15, -0.1) is 22.0 Å². The van der Waals surface area contributed by atoms with Gasteiger partial charge in [-0.3, -0.25) is 4.57 Å². The maximum Gasteiger partial charge on any atom is 0.168 e. The molecule has 2 aromatic carbocycles. The molecule has 3 nitrogen and oxygen atoms in total. The molecule has 0 N–H and O–H groups in total. The third-order valence-corrected chi connectivity index (χ3v) is 5.11. The van der Waals surface area contributed by atoms with Crippen LogP contribution >= 0.6 is 23.4 Å². The number of aromatic nitrogens is 3. The molecule has 4 rings (SSSR count). The molecule has 1 atom stereocenters. The van der Waals surface area contributed by atoms with Crippen LogP contribution in [0.15, 0.2) is 53.4 Å². The predicted octanol–water partition coefficient (Wildman–Crippen LogP) is 4.62. The number of hydrogen-bond acceptors (Lipinski definition) is 3. The van der Waals surface area contributed by atoms with E-state index in [0.29, 0.717) is 5.25 Å². The molecule has 2 heterocycles. The monoisotopic (exact) mass is 327 g/mol. The topological polar surface area (TPSA) is 30.7 Å². The van der Waals surface area contributed by atoms with E-state index in [9.17, 15) is 0 Å². The molecule has 1 aliphatic rings. The molecule has 0 saturated heterocycles. The molecule has 1 aliphatic heterocycles. The third kappa shape index (κ3) is 2.32. The van der Waals surface area contributed by atoms with Gasteiger partial charge in [0.1, 0.15) is 5.82 Å². The number of fused-ring (bicyclic) bond motifs is 3. The van der Waals surface area contributed by atoms with Gasteiger partial charge in [0.25, 0.3) is 0 Å². The fourth-order valence-corrected chi connectivity index (χ4v) is 4.14. The number of thioether (sulfide) groups is 1. The van der Waals surface area contributed by atoms with Gasteiger partial charge in [-0.1, -0.05) is 48.9 Å². The van der Waals surface area contributed by atoms with E-state index >= 15 is 0 Å². The molecule has 110 valence electrons. The summed E-state index contributed by atoms with van der Waals surface area (Å²) in [4.78, 5) is 1.18. The van der Waals surface area contributed by atoms with Crippen molar-refractivity contribution in [3.05, 3.63) is 59.4 Å². The van der Waals surface area contributed by atoms with Gasteiger partial charge in [0.2, 0.25) is 0 Å². The summed E-state index contributed by atoms with van der Waals surface area (Å²) < 4.78 is 2.16. The highest BCUT2D eigenvalue weighted by atomic mass is 35.5. The van der Waals surface area contributed by atoms with Crippen molar-refractivity contribution in [3.8, 4) is 17.1 Å². The second kappa shape index (κ2) is 5.45. The minimum absolute atomic E-state index is 0.436. The summed E-state index contributed by atoms with van der Waals surface area (Å²) in [5, 5.41) is 10.1. The highest BCUT2D eigenvalue weighted by Gasteiger charge is 2.24. The van der Waals surface area contributed by atoms with E-state index in [4.69, 9.17) is 11.6 Å². The molecule has 0 spiro atoms. The Kier molecular flexibility index (Phi) is 3.43. The van der Waals surface area contributed by atoms with E-state index in [0.717, 1.165) is 34.3 Å². The molecular weight excluding hydrogens is 314 g/mol. The molecule has 0 fully saturated rings. The molecule has 0 bridgehead atoms.